The highest BCUT2D eigenvalue weighted by atomic mass is 16.2. The summed E-state index contributed by atoms with van der Waals surface area (Å²) in [7, 11) is 0. The number of benzene rings is 1. The van der Waals surface area contributed by atoms with Crippen LogP contribution in [0, 0.1) is 11.3 Å². The Kier molecular flexibility index (Phi) is 4.10. The van der Waals surface area contributed by atoms with E-state index in [-0.39, 0.29) is 23.3 Å². The molecule has 2 aromatic rings. The predicted octanol–water partition coefficient (Wildman–Crippen LogP) is 2.94. The third kappa shape index (κ3) is 2.91. The van der Waals surface area contributed by atoms with Gasteiger partial charge in [0.05, 0.1) is 5.41 Å². The van der Waals surface area contributed by atoms with Crippen molar-refractivity contribution in [1.82, 2.24) is 15.2 Å². The lowest BCUT2D eigenvalue weighted by Crippen LogP contribution is -2.68. The monoisotopic (exact) mass is 351 g/mol. The second-order valence-electron chi connectivity index (χ2n) is 7.99. The number of carbonyl (C=O) groups excluding carboxylic acids is 2. The molecule has 5 heteroatoms. The van der Waals surface area contributed by atoms with Crippen LogP contribution in [0.2, 0.25) is 0 Å². The summed E-state index contributed by atoms with van der Waals surface area (Å²) in [6.45, 7) is 5.54. The van der Waals surface area contributed by atoms with E-state index in [0.29, 0.717) is 5.92 Å². The Labute approximate surface area is 153 Å². The Morgan fingerprint density at radius 1 is 1.23 bits per heavy atom. The molecule has 136 valence electrons. The average Bonchev–Trinajstić information content (AvgIpc) is 3.12. The molecule has 1 aromatic carbocycles. The number of rotatable bonds is 3. The topological polar surface area (TPSA) is 65.2 Å². The SMILES string of the molecule is CC1(C)C(=O)NC1C1CCN(C(=O)C=Cc2ccc3[nH]ccc3c2)CC1. The van der Waals surface area contributed by atoms with Gasteiger partial charge in [0.15, 0.2) is 0 Å². The number of hydrogen-bond acceptors (Lipinski definition) is 2. The number of amides is 2. The second-order valence-corrected chi connectivity index (χ2v) is 7.99. The van der Waals surface area contributed by atoms with Crippen molar-refractivity contribution < 1.29 is 9.59 Å². The Balaban J connectivity index is 1.34. The zero-order valence-corrected chi connectivity index (χ0v) is 15.3. The molecule has 2 aliphatic heterocycles. The quantitative estimate of drug-likeness (QED) is 0.660. The Morgan fingerprint density at radius 3 is 2.69 bits per heavy atom. The fourth-order valence-corrected chi connectivity index (χ4v) is 4.18. The van der Waals surface area contributed by atoms with Gasteiger partial charge in [-0.15, -0.1) is 0 Å². The highest BCUT2D eigenvalue weighted by molar-refractivity contribution is 5.93. The van der Waals surface area contributed by atoms with Crippen LogP contribution < -0.4 is 5.32 Å². The fourth-order valence-electron chi connectivity index (χ4n) is 4.18. The van der Waals surface area contributed by atoms with Gasteiger partial charge < -0.3 is 15.2 Å². The van der Waals surface area contributed by atoms with Crippen molar-refractivity contribution in [2.45, 2.75) is 32.7 Å². The van der Waals surface area contributed by atoms with Crippen LogP contribution in [0.15, 0.2) is 36.5 Å². The number of hydrogen-bond donors (Lipinski definition) is 2. The minimum absolute atomic E-state index is 0.0644. The number of piperidine rings is 1. The summed E-state index contributed by atoms with van der Waals surface area (Å²) in [6, 6.07) is 8.38. The van der Waals surface area contributed by atoms with E-state index >= 15 is 0 Å². The minimum Gasteiger partial charge on any atom is -0.361 e. The van der Waals surface area contributed by atoms with Gasteiger partial charge in [-0.2, -0.15) is 0 Å². The number of H-pyrrole nitrogens is 1. The fraction of sp³-hybridized carbons (Fsp3) is 0.429. The van der Waals surface area contributed by atoms with Crippen molar-refractivity contribution in [3.8, 4) is 0 Å². The Hall–Kier alpha value is -2.56. The van der Waals surface area contributed by atoms with Gasteiger partial charge in [-0.05, 0) is 67.8 Å². The number of aromatic amines is 1. The van der Waals surface area contributed by atoms with Crippen molar-refractivity contribution in [1.29, 1.82) is 0 Å². The summed E-state index contributed by atoms with van der Waals surface area (Å²) in [5, 5.41) is 4.19. The van der Waals surface area contributed by atoms with Gasteiger partial charge in [-0.25, -0.2) is 0 Å². The van der Waals surface area contributed by atoms with Crippen LogP contribution in [0.3, 0.4) is 0 Å². The highest BCUT2D eigenvalue weighted by Crippen LogP contribution is 2.38. The zero-order valence-electron chi connectivity index (χ0n) is 15.3. The largest absolute Gasteiger partial charge is 0.361 e. The number of nitrogens with zero attached hydrogens (tertiary/aromatic N) is 1. The molecular formula is C21H25N3O2. The van der Waals surface area contributed by atoms with Crippen LogP contribution in [-0.4, -0.2) is 40.8 Å². The lowest BCUT2D eigenvalue weighted by molar-refractivity contribution is -0.147. The summed E-state index contributed by atoms with van der Waals surface area (Å²) in [5.74, 6) is 0.671. The predicted molar refractivity (Wildman–Crippen MR) is 102 cm³/mol. The van der Waals surface area contributed by atoms with Crippen molar-refractivity contribution >= 4 is 28.8 Å². The standard InChI is InChI=1S/C21H25N3O2/c1-21(2)19(23-20(21)26)15-8-11-24(12-9-15)18(25)6-4-14-3-5-17-16(13-14)7-10-22-17/h3-7,10,13,15,19,22H,8-9,11-12H2,1-2H3,(H,23,26). The van der Waals surface area contributed by atoms with Gasteiger partial charge in [0.25, 0.3) is 0 Å². The summed E-state index contributed by atoms with van der Waals surface area (Å²) >= 11 is 0. The number of fused-ring (bicyclic) bond motifs is 1. The van der Waals surface area contributed by atoms with Gasteiger partial charge in [0.2, 0.25) is 11.8 Å². The molecule has 5 nitrogen and oxygen atoms in total. The van der Waals surface area contributed by atoms with E-state index in [1.807, 2.05) is 49.2 Å². The maximum atomic E-state index is 12.5. The molecule has 0 saturated carbocycles. The van der Waals surface area contributed by atoms with E-state index in [1.165, 1.54) is 0 Å². The van der Waals surface area contributed by atoms with E-state index in [2.05, 4.69) is 16.4 Å². The van der Waals surface area contributed by atoms with Crippen LogP contribution >= 0.6 is 0 Å². The molecular weight excluding hydrogens is 326 g/mol. The number of carbonyl (C=O) groups is 2. The zero-order chi connectivity index (χ0) is 18.3. The molecule has 26 heavy (non-hydrogen) atoms. The van der Waals surface area contributed by atoms with Gasteiger partial charge in [0, 0.05) is 36.9 Å². The second kappa shape index (κ2) is 6.31. The van der Waals surface area contributed by atoms with Crippen molar-refractivity contribution in [2.75, 3.05) is 13.1 Å². The molecule has 4 rings (SSSR count). The summed E-state index contributed by atoms with van der Waals surface area (Å²) in [4.78, 5) is 29.2. The molecule has 0 radical (unpaired) electrons. The smallest absolute Gasteiger partial charge is 0.246 e. The van der Waals surface area contributed by atoms with Crippen molar-refractivity contribution in [3.05, 3.63) is 42.1 Å². The van der Waals surface area contributed by atoms with Gasteiger partial charge >= 0.3 is 0 Å². The summed E-state index contributed by atoms with van der Waals surface area (Å²) in [6.07, 6.45) is 7.37. The first-order valence-electron chi connectivity index (χ1n) is 9.30. The van der Waals surface area contributed by atoms with Crippen molar-refractivity contribution in [3.63, 3.8) is 0 Å². The third-order valence-electron chi connectivity index (χ3n) is 5.97. The first kappa shape index (κ1) is 16.9. The van der Waals surface area contributed by atoms with Crippen LogP contribution in [0.25, 0.3) is 17.0 Å². The molecule has 0 spiro atoms. The number of aromatic nitrogens is 1. The van der Waals surface area contributed by atoms with E-state index < -0.39 is 0 Å². The van der Waals surface area contributed by atoms with E-state index in [1.54, 1.807) is 6.08 Å². The molecule has 1 atom stereocenters. The normalized spacial score (nSPS) is 23.2. The van der Waals surface area contributed by atoms with Gasteiger partial charge in [0.1, 0.15) is 0 Å². The first-order chi connectivity index (χ1) is 12.4. The van der Waals surface area contributed by atoms with Gasteiger partial charge in [-0.3, -0.25) is 9.59 Å². The van der Waals surface area contributed by atoms with E-state index in [4.69, 9.17) is 0 Å². The summed E-state index contributed by atoms with van der Waals surface area (Å²) < 4.78 is 0. The molecule has 1 aromatic heterocycles. The molecule has 3 heterocycles. The van der Waals surface area contributed by atoms with Crippen molar-refractivity contribution in [2.24, 2.45) is 11.3 Å². The molecule has 2 aliphatic rings. The summed E-state index contributed by atoms with van der Waals surface area (Å²) in [5.41, 5.74) is 1.86. The van der Waals surface area contributed by atoms with Gasteiger partial charge in [-0.1, -0.05) is 6.07 Å². The van der Waals surface area contributed by atoms with E-state index in [9.17, 15) is 9.59 Å². The molecule has 1 unspecified atom stereocenters. The van der Waals surface area contributed by atoms with Crippen LogP contribution in [0.1, 0.15) is 32.3 Å². The number of β-lactam (4-membered cyclic amide) rings is 1. The number of nitrogens with one attached hydrogen (secondary N) is 2. The maximum absolute atomic E-state index is 12.5. The van der Waals surface area contributed by atoms with Crippen LogP contribution in [0.5, 0.6) is 0 Å². The molecule has 0 bridgehead atoms. The maximum Gasteiger partial charge on any atom is 0.246 e. The molecule has 2 saturated heterocycles. The first-order valence-corrected chi connectivity index (χ1v) is 9.30. The lowest BCUT2D eigenvalue weighted by Gasteiger charge is -2.50. The third-order valence-corrected chi connectivity index (χ3v) is 5.97. The Bertz CT molecular complexity index is 872. The molecule has 2 fully saturated rings. The minimum atomic E-state index is -0.270. The highest BCUT2D eigenvalue weighted by Gasteiger charge is 2.51. The molecule has 2 N–H and O–H groups in total. The Morgan fingerprint density at radius 2 is 2.00 bits per heavy atom. The lowest BCUT2D eigenvalue weighted by atomic mass is 9.68. The molecule has 2 amide bonds. The molecule has 0 aliphatic carbocycles. The van der Waals surface area contributed by atoms with Crippen LogP contribution in [0.4, 0.5) is 0 Å². The average molecular weight is 351 g/mol. The number of likely N-dealkylation sites (tertiary alicyclic amines) is 1. The van der Waals surface area contributed by atoms with Crippen LogP contribution in [-0.2, 0) is 9.59 Å². The van der Waals surface area contributed by atoms with E-state index in [0.717, 1.165) is 42.4 Å².